The molecule has 1 aromatic rings. The Kier molecular flexibility index (Phi) is 4.43. The van der Waals surface area contributed by atoms with E-state index in [1.54, 1.807) is 31.2 Å². The normalized spacial score (nSPS) is 12.1. The molecule has 0 saturated heterocycles. The highest BCUT2D eigenvalue weighted by Gasteiger charge is 2.10. The van der Waals surface area contributed by atoms with Crippen molar-refractivity contribution >= 4 is 17.6 Å². The zero-order chi connectivity index (χ0) is 11.3. The van der Waals surface area contributed by atoms with Crippen LogP contribution in [-0.2, 0) is 4.79 Å². The lowest BCUT2D eigenvalue weighted by molar-refractivity contribution is -0.141. The predicted octanol–water partition coefficient (Wildman–Crippen LogP) is 2.83. The second kappa shape index (κ2) is 5.61. The fourth-order valence-electron chi connectivity index (χ4n) is 1.01. The van der Waals surface area contributed by atoms with Gasteiger partial charge in [0.25, 0.3) is 0 Å². The van der Waals surface area contributed by atoms with Gasteiger partial charge in [-0.25, -0.2) is 0 Å². The average molecular weight is 229 g/mol. The molecule has 1 unspecified atom stereocenters. The van der Waals surface area contributed by atoms with Crippen molar-refractivity contribution < 1.29 is 14.6 Å². The summed E-state index contributed by atoms with van der Waals surface area (Å²) in [6.07, 6.45) is 0.498. The number of carboxylic acids is 1. The van der Waals surface area contributed by atoms with Crippen LogP contribution in [0.15, 0.2) is 24.3 Å². The minimum absolute atomic E-state index is 0.377. The van der Waals surface area contributed by atoms with E-state index in [1.807, 2.05) is 0 Å². The monoisotopic (exact) mass is 228 g/mol. The van der Waals surface area contributed by atoms with Gasteiger partial charge in [-0.15, -0.1) is 0 Å². The number of ether oxygens (including phenoxy) is 1. The lowest BCUT2D eigenvalue weighted by Gasteiger charge is -2.08. The van der Waals surface area contributed by atoms with Crippen molar-refractivity contribution in [2.45, 2.75) is 13.3 Å². The van der Waals surface area contributed by atoms with E-state index < -0.39 is 5.97 Å². The van der Waals surface area contributed by atoms with E-state index >= 15 is 0 Å². The maximum absolute atomic E-state index is 10.5. The third-order valence-corrected chi connectivity index (χ3v) is 2.31. The molecule has 0 fully saturated rings. The molecule has 0 aliphatic carbocycles. The Morgan fingerprint density at radius 1 is 1.47 bits per heavy atom. The lowest BCUT2D eigenvalue weighted by Crippen LogP contribution is -2.13. The molecule has 0 bridgehead atoms. The minimum Gasteiger partial charge on any atom is -0.494 e. The molecule has 0 aliphatic heterocycles. The van der Waals surface area contributed by atoms with Crippen LogP contribution in [0, 0.1) is 5.92 Å². The van der Waals surface area contributed by atoms with Crippen molar-refractivity contribution in [1.82, 2.24) is 0 Å². The van der Waals surface area contributed by atoms with E-state index in [0.717, 1.165) is 0 Å². The quantitative estimate of drug-likeness (QED) is 0.843. The van der Waals surface area contributed by atoms with Crippen LogP contribution in [0.5, 0.6) is 5.75 Å². The fraction of sp³-hybridized carbons (Fsp3) is 0.364. The summed E-state index contributed by atoms with van der Waals surface area (Å²) in [6, 6.07) is 6.98. The van der Waals surface area contributed by atoms with Crippen LogP contribution in [-0.4, -0.2) is 17.7 Å². The molecule has 0 saturated carbocycles. The highest BCUT2D eigenvalue weighted by molar-refractivity contribution is 6.30. The van der Waals surface area contributed by atoms with Crippen LogP contribution < -0.4 is 4.74 Å². The van der Waals surface area contributed by atoms with Gasteiger partial charge in [0.2, 0.25) is 0 Å². The molecule has 3 nitrogen and oxygen atoms in total. The SMILES string of the molecule is CC(CCOc1ccc(Cl)cc1)C(=O)O. The van der Waals surface area contributed by atoms with E-state index in [1.165, 1.54) is 0 Å². The highest BCUT2D eigenvalue weighted by Crippen LogP contribution is 2.16. The largest absolute Gasteiger partial charge is 0.494 e. The molecule has 1 aromatic carbocycles. The summed E-state index contributed by atoms with van der Waals surface area (Å²) >= 11 is 5.70. The Morgan fingerprint density at radius 2 is 2.07 bits per heavy atom. The van der Waals surface area contributed by atoms with Crippen molar-refractivity contribution in [3.63, 3.8) is 0 Å². The molecule has 1 rings (SSSR count). The molecule has 0 radical (unpaired) electrons. The molecule has 4 heteroatoms. The first-order chi connectivity index (χ1) is 7.09. The van der Waals surface area contributed by atoms with Crippen LogP contribution in [0.25, 0.3) is 0 Å². The zero-order valence-corrected chi connectivity index (χ0v) is 9.20. The summed E-state index contributed by atoms with van der Waals surface area (Å²) in [5.74, 6) is -0.469. The zero-order valence-electron chi connectivity index (χ0n) is 8.44. The molecule has 0 aromatic heterocycles. The summed E-state index contributed by atoms with van der Waals surface area (Å²) in [5, 5.41) is 9.30. The molecular weight excluding hydrogens is 216 g/mol. The molecular formula is C11H13ClO3. The molecule has 1 N–H and O–H groups in total. The van der Waals surface area contributed by atoms with E-state index in [2.05, 4.69) is 0 Å². The summed E-state index contributed by atoms with van der Waals surface area (Å²) in [4.78, 5) is 10.5. The van der Waals surface area contributed by atoms with E-state index in [9.17, 15) is 4.79 Å². The molecule has 1 atom stereocenters. The summed E-state index contributed by atoms with van der Waals surface area (Å²) in [5.41, 5.74) is 0. The topological polar surface area (TPSA) is 46.5 Å². The Hall–Kier alpha value is -1.22. The Labute approximate surface area is 93.6 Å². The van der Waals surface area contributed by atoms with Gasteiger partial charge in [-0.3, -0.25) is 4.79 Å². The van der Waals surface area contributed by atoms with Crippen molar-refractivity contribution in [3.05, 3.63) is 29.3 Å². The first kappa shape index (κ1) is 11.9. The van der Waals surface area contributed by atoms with Crippen LogP contribution in [0.3, 0.4) is 0 Å². The van der Waals surface area contributed by atoms with Gasteiger partial charge in [-0.2, -0.15) is 0 Å². The van der Waals surface area contributed by atoms with Gasteiger partial charge in [0.05, 0.1) is 12.5 Å². The fourth-order valence-corrected chi connectivity index (χ4v) is 1.13. The van der Waals surface area contributed by atoms with E-state index in [0.29, 0.717) is 23.8 Å². The number of hydrogen-bond acceptors (Lipinski definition) is 2. The van der Waals surface area contributed by atoms with Gasteiger partial charge in [-0.05, 0) is 30.7 Å². The number of hydrogen-bond donors (Lipinski definition) is 1. The molecule has 0 amide bonds. The third-order valence-electron chi connectivity index (χ3n) is 2.05. The molecule has 82 valence electrons. The van der Waals surface area contributed by atoms with E-state index in [-0.39, 0.29) is 5.92 Å². The van der Waals surface area contributed by atoms with Crippen molar-refractivity contribution in [2.75, 3.05) is 6.61 Å². The average Bonchev–Trinajstić information content (AvgIpc) is 2.20. The van der Waals surface area contributed by atoms with Crippen LogP contribution >= 0.6 is 11.6 Å². The van der Waals surface area contributed by atoms with Crippen LogP contribution in [0.2, 0.25) is 5.02 Å². The van der Waals surface area contributed by atoms with Crippen LogP contribution in [0.1, 0.15) is 13.3 Å². The number of aliphatic carboxylic acids is 1. The third kappa shape index (κ3) is 4.21. The smallest absolute Gasteiger partial charge is 0.306 e. The molecule has 0 aliphatic rings. The number of halogens is 1. The summed E-state index contributed by atoms with van der Waals surface area (Å²) in [7, 11) is 0. The molecule has 0 heterocycles. The maximum atomic E-state index is 10.5. The molecule has 15 heavy (non-hydrogen) atoms. The Morgan fingerprint density at radius 3 is 2.60 bits per heavy atom. The maximum Gasteiger partial charge on any atom is 0.306 e. The van der Waals surface area contributed by atoms with Crippen LogP contribution in [0.4, 0.5) is 0 Å². The number of carbonyl (C=O) groups is 1. The second-order valence-electron chi connectivity index (χ2n) is 3.33. The van der Waals surface area contributed by atoms with Crippen molar-refractivity contribution in [3.8, 4) is 5.75 Å². The minimum atomic E-state index is -0.797. The lowest BCUT2D eigenvalue weighted by atomic mass is 10.1. The van der Waals surface area contributed by atoms with Gasteiger partial charge in [0.1, 0.15) is 5.75 Å². The highest BCUT2D eigenvalue weighted by atomic mass is 35.5. The number of carboxylic acid groups (broad SMARTS) is 1. The van der Waals surface area contributed by atoms with Crippen molar-refractivity contribution in [2.24, 2.45) is 5.92 Å². The van der Waals surface area contributed by atoms with Gasteiger partial charge in [0, 0.05) is 5.02 Å². The second-order valence-corrected chi connectivity index (χ2v) is 3.77. The first-order valence-corrected chi connectivity index (χ1v) is 5.08. The summed E-state index contributed by atoms with van der Waals surface area (Å²) in [6.45, 7) is 2.06. The molecule has 0 spiro atoms. The van der Waals surface area contributed by atoms with Gasteiger partial charge in [0.15, 0.2) is 0 Å². The standard InChI is InChI=1S/C11H13ClO3/c1-8(11(13)14)6-7-15-10-4-2-9(12)3-5-10/h2-5,8H,6-7H2,1H3,(H,13,14). The van der Waals surface area contributed by atoms with E-state index in [4.69, 9.17) is 21.4 Å². The predicted molar refractivity (Wildman–Crippen MR) is 58.4 cm³/mol. The number of benzene rings is 1. The van der Waals surface area contributed by atoms with Gasteiger partial charge in [-0.1, -0.05) is 18.5 Å². The number of rotatable bonds is 5. The Bertz CT molecular complexity index is 321. The summed E-state index contributed by atoms with van der Waals surface area (Å²) < 4.78 is 5.36. The van der Waals surface area contributed by atoms with Crippen molar-refractivity contribution in [1.29, 1.82) is 0 Å². The van der Waals surface area contributed by atoms with Gasteiger partial charge >= 0.3 is 5.97 Å². The first-order valence-electron chi connectivity index (χ1n) is 4.71. The van der Waals surface area contributed by atoms with Gasteiger partial charge < -0.3 is 9.84 Å². The Balaban J connectivity index is 2.32.